The number of hydrogen-bond acceptors (Lipinski definition) is 5. The molecule has 1 amide bonds. The molecule has 1 aromatic heterocycles. The fraction of sp³-hybridized carbons (Fsp3) is 0.214. The summed E-state index contributed by atoms with van der Waals surface area (Å²) < 4.78 is 19.9. The zero-order chi connectivity index (χ0) is 25.3. The molecule has 0 aliphatic carbocycles. The lowest BCUT2D eigenvalue weighted by Crippen LogP contribution is -2.12. The Morgan fingerprint density at radius 2 is 1.69 bits per heavy atom. The van der Waals surface area contributed by atoms with Gasteiger partial charge in [-0.3, -0.25) is 9.48 Å². The highest BCUT2D eigenvalue weighted by atomic mass is 79.9. The Balaban J connectivity index is 1.38. The van der Waals surface area contributed by atoms with Gasteiger partial charge >= 0.3 is 0 Å². The molecular weight excluding hydrogens is 522 g/mol. The van der Waals surface area contributed by atoms with Crippen LogP contribution in [0.25, 0.3) is 0 Å². The Morgan fingerprint density at radius 1 is 0.889 bits per heavy atom. The first kappa shape index (κ1) is 25.3. The number of nitrogens with one attached hydrogen (secondary N) is 1. The van der Waals surface area contributed by atoms with Crippen LogP contribution in [0.2, 0.25) is 0 Å². The zero-order valence-electron chi connectivity index (χ0n) is 20.2. The standard InChI is InChI=1S/C28H28BrN3O4/c1-3-34-26-13-12-20(15-27(26)35-4-2)17-32-18-23(16-30-32)31-28(33)22-9-7-8-21(14-22)19-36-25-11-6-5-10-24(25)29/h5-16,18H,3-4,17,19H2,1-2H3,(H,31,33). The first-order chi connectivity index (χ1) is 17.6. The van der Waals surface area contributed by atoms with Gasteiger partial charge in [-0.15, -0.1) is 0 Å². The summed E-state index contributed by atoms with van der Waals surface area (Å²) in [6.07, 6.45) is 3.43. The lowest BCUT2D eigenvalue weighted by Gasteiger charge is -2.12. The first-order valence-electron chi connectivity index (χ1n) is 11.7. The molecule has 0 saturated carbocycles. The maximum Gasteiger partial charge on any atom is 0.255 e. The van der Waals surface area contributed by atoms with Gasteiger partial charge in [0, 0.05) is 11.8 Å². The van der Waals surface area contributed by atoms with Gasteiger partial charge in [-0.25, -0.2) is 0 Å². The Kier molecular flexibility index (Phi) is 8.62. The van der Waals surface area contributed by atoms with E-state index in [9.17, 15) is 4.79 Å². The highest BCUT2D eigenvalue weighted by Gasteiger charge is 2.11. The van der Waals surface area contributed by atoms with E-state index < -0.39 is 0 Å². The van der Waals surface area contributed by atoms with Gasteiger partial charge in [-0.2, -0.15) is 5.10 Å². The number of halogens is 1. The van der Waals surface area contributed by atoms with E-state index in [2.05, 4.69) is 26.3 Å². The second kappa shape index (κ2) is 12.3. The molecule has 0 aliphatic rings. The van der Waals surface area contributed by atoms with Crippen LogP contribution in [0, 0.1) is 0 Å². The molecule has 4 aromatic rings. The minimum Gasteiger partial charge on any atom is -0.490 e. The van der Waals surface area contributed by atoms with Crippen molar-refractivity contribution in [3.8, 4) is 17.2 Å². The van der Waals surface area contributed by atoms with E-state index in [0.29, 0.717) is 43.4 Å². The minimum atomic E-state index is -0.211. The number of ether oxygens (including phenoxy) is 3. The molecule has 36 heavy (non-hydrogen) atoms. The van der Waals surface area contributed by atoms with Crippen molar-refractivity contribution in [2.24, 2.45) is 0 Å². The topological polar surface area (TPSA) is 74.6 Å². The molecule has 0 atom stereocenters. The predicted octanol–water partition coefficient (Wildman–Crippen LogP) is 6.32. The average Bonchev–Trinajstić information content (AvgIpc) is 3.32. The van der Waals surface area contributed by atoms with Crippen LogP contribution >= 0.6 is 15.9 Å². The number of carbonyl (C=O) groups excluding carboxylic acids is 1. The Hall–Kier alpha value is -3.78. The highest BCUT2D eigenvalue weighted by Crippen LogP contribution is 2.29. The van der Waals surface area contributed by atoms with Crippen molar-refractivity contribution < 1.29 is 19.0 Å². The van der Waals surface area contributed by atoms with Gasteiger partial charge < -0.3 is 19.5 Å². The molecule has 0 bridgehead atoms. The van der Waals surface area contributed by atoms with E-state index in [1.54, 1.807) is 23.1 Å². The fourth-order valence-corrected chi connectivity index (χ4v) is 4.02. The van der Waals surface area contributed by atoms with Crippen molar-refractivity contribution in [3.05, 3.63) is 100 Å². The SMILES string of the molecule is CCOc1ccc(Cn2cc(NC(=O)c3cccc(COc4ccccc4Br)c3)cn2)cc1OCC. The van der Waals surface area contributed by atoms with E-state index in [1.165, 1.54) is 0 Å². The summed E-state index contributed by atoms with van der Waals surface area (Å²) in [4.78, 5) is 12.9. The van der Waals surface area contributed by atoms with Crippen molar-refractivity contribution in [2.75, 3.05) is 18.5 Å². The second-order valence-corrected chi connectivity index (χ2v) is 8.80. The third-order valence-corrected chi connectivity index (χ3v) is 5.92. The second-order valence-electron chi connectivity index (χ2n) is 7.95. The Morgan fingerprint density at radius 3 is 2.50 bits per heavy atom. The van der Waals surface area contributed by atoms with Gasteiger partial charge in [0.25, 0.3) is 5.91 Å². The molecule has 1 heterocycles. The van der Waals surface area contributed by atoms with Gasteiger partial charge in [-0.1, -0.05) is 30.3 Å². The van der Waals surface area contributed by atoms with Crippen molar-refractivity contribution in [1.29, 1.82) is 0 Å². The van der Waals surface area contributed by atoms with E-state index in [0.717, 1.165) is 27.1 Å². The molecule has 7 nitrogen and oxygen atoms in total. The van der Waals surface area contributed by atoms with Crippen LogP contribution in [0.3, 0.4) is 0 Å². The minimum absolute atomic E-state index is 0.211. The number of aromatic nitrogens is 2. The maximum atomic E-state index is 12.9. The van der Waals surface area contributed by atoms with Crippen molar-refractivity contribution in [2.45, 2.75) is 27.0 Å². The van der Waals surface area contributed by atoms with Gasteiger partial charge in [0.15, 0.2) is 11.5 Å². The third-order valence-electron chi connectivity index (χ3n) is 5.26. The summed E-state index contributed by atoms with van der Waals surface area (Å²) in [7, 11) is 0. The molecular formula is C28H28BrN3O4. The molecule has 0 spiro atoms. The van der Waals surface area contributed by atoms with Crippen LogP contribution in [0.1, 0.15) is 35.3 Å². The molecule has 0 saturated heterocycles. The first-order valence-corrected chi connectivity index (χ1v) is 12.5. The number of carbonyl (C=O) groups is 1. The highest BCUT2D eigenvalue weighted by molar-refractivity contribution is 9.10. The number of hydrogen-bond donors (Lipinski definition) is 1. The van der Waals surface area contributed by atoms with Crippen molar-refractivity contribution in [3.63, 3.8) is 0 Å². The summed E-state index contributed by atoms with van der Waals surface area (Å²) in [5, 5.41) is 7.30. The van der Waals surface area contributed by atoms with Gasteiger partial charge in [0.1, 0.15) is 12.4 Å². The maximum absolute atomic E-state index is 12.9. The lowest BCUT2D eigenvalue weighted by atomic mass is 10.1. The van der Waals surface area contributed by atoms with Gasteiger partial charge in [-0.05, 0) is 77.3 Å². The van der Waals surface area contributed by atoms with Crippen LogP contribution in [0.15, 0.2) is 83.6 Å². The normalized spacial score (nSPS) is 10.6. The quantitative estimate of drug-likeness (QED) is 0.237. The number of nitrogens with zero attached hydrogens (tertiary/aromatic N) is 2. The molecule has 186 valence electrons. The van der Waals surface area contributed by atoms with Crippen LogP contribution in [0.4, 0.5) is 5.69 Å². The summed E-state index contributed by atoms with van der Waals surface area (Å²) in [5.41, 5.74) is 3.07. The Labute approximate surface area is 219 Å². The van der Waals surface area contributed by atoms with Crippen molar-refractivity contribution in [1.82, 2.24) is 9.78 Å². The molecule has 8 heteroatoms. The molecule has 0 aliphatic heterocycles. The number of anilines is 1. The van der Waals surface area contributed by atoms with Crippen LogP contribution in [0.5, 0.6) is 17.2 Å². The number of amides is 1. The molecule has 0 fully saturated rings. The number of rotatable bonds is 11. The number of benzene rings is 3. The molecule has 0 unspecified atom stereocenters. The smallest absolute Gasteiger partial charge is 0.255 e. The molecule has 3 aromatic carbocycles. The molecule has 0 radical (unpaired) electrons. The van der Waals surface area contributed by atoms with Gasteiger partial charge in [0.05, 0.1) is 36.1 Å². The lowest BCUT2D eigenvalue weighted by molar-refractivity contribution is 0.102. The van der Waals surface area contributed by atoms with Crippen LogP contribution in [-0.4, -0.2) is 28.9 Å². The van der Waals surface area contributed by atoms with Crippen LogP contribution in [-0.2, 0) is 13.2 Å². The largest absolute Gasteiger partial charge is 0.490 e. The zero-order valence-corrected chi connectivity index (χ0v) is 21.8. The monoisotopic (exact) mass is 549 g/mol. The average molecular weight is 550 g/mol. The van der Waals surface area contributed by atoms with E-state index >= 15 is 0 Å². The molecule has 1 N–H and O–H groups in total. The van der Waals surface area contributed by atoms with E-state index in [-0.39, 0.29) is 5.91 Å². The van der Waals surface area contributed by atoms with Crippen molar-refractivity contribution >= 4 is 27.5 Å². The number of para-hydroxylation sites is 1. The van der Waals surface area contributed by atoms with E-state index in [4.69, 9.17) is 14.2 Å². The Bertz CT molecular complexity index is 1320. The van der Waals surface area contributed by atoms with E-state index in [1.807, 2.05) is 74.5 Å². The molecule has 4 rings (SSSR count). The fourth-order valence-electron chi connectivity index (χ4n) is 3.62. The summed E-state index contributed by atoms with van der Waals surface area (Å²) >= 11 is 3.48. The third kappa shape index (κ3) is 6.66. The summed E-state index contributed by atoms with van der Waals surface area (Å²) in [6.45, 7) is 5.89. The summed E-state index contributed by atoms with van der Waals surface area (Å²) in [6, 6.07) is 20.9. The van der Waals surface area contributed by atoms with Gasteiger partial charge in [0.2, 0.25) is 0 Å². The predicted molar refractivity (Wildman–Crippen MR) is 143 cm³/mol. The summed E-state index contributed by atoms with van der Waals surface area (Å²) in [5.74, 6) is 1.97. The van der Waals surface area contributed by atoms with Crippen LogP contribution < -0.4 is 19.5 Å².